The van der Waals surface area contributed by atoms with Gasteiger partial charge in [-0.3, -0.25) is 0 Å². The van der Waals surface area contributed by atoms with Crippen molar-refractivity contribution in [1.29, 1.82) is 0 Å². The summed E-state index contributed by atoms with van der Waals surface area (Å²) in [6.45, 7) is 3.94. The van der Waals surface area contributed by atoms with Gasteiger partial charge in [-0.25, -0.2) is 0 Å². The molecule has 0 aromatic heterocycles. The van der Waals surface area contributed by atoms with Crippen molar-refractivity contribution in [1.82, 2.24) is 4.90 Å². The summed E-state index contributed by atoms with van der Waals surface area (Å²) >= 11 is 0. The first-order valence-electron chi connectivity index (χ1n) is 8.28. The largest absolute Gasteiger partial charge is 0.375 e. The normalized spacial score (nSPS) is 29.3. The van der Waals surface area contributed by atoms with Gasteiger partial charge in [0.2, 0.25) is 0 Å². The van der Waals surface area contributed by atoms with Gasteiger partial charge in [0.05, 0.1) is 12.2 Å². The van der Waals surface area contributed by atoms with Gasteiger partial charge in [-0.2, -0.15) is 0 Å². The highest BCUT2D eigenvalue weighted by Crippen LogP contribution is 2.28. The van der Waals surface area contributed by atoms with Crippen LogP contribution in [0.3, 0.4) is 0 Å². The van der Waals surface area contributed by atoms with Crippen LogP contribution in [0.1, 0.15) is 64.2 Å². The van der Waals surface area contributed by atoms with E-state index in [0.717, 1.165) is 5.92 Å². The molecule has 3 rings (SSSR count). The predicted octanol–water partition coefficient (Wildman–Crippen LogP) is 3.60. The van der Waals surface area contributed by atoms with Crippen LogP contribution in [0, 0.1) is 5.92 Å². The lowest BCUT2D eigenvalue weighted by Gasteiger charge is -2.38. The van der Waals surface area contributed by atoms with Gasteiger partial charge >= 0.3 is 0 Å². The number of piperidine rings is 1. The number of nitrogens with zero attached hydrogens (tertiary/aromatic N) is 1. The standard InChI is InChI=1S/C16H29NO/c1-2-5-14(6-3-1)13-17-11-9-16(10-12-17)18-15-7-4-8-15/h14-16H,1-13H2. The molecule has 0 aromatic rings. The Morgan fingerprint density at radius 1 is 0.722 bits per heavy atom. The zero-order valence-corrected chi connectivity index (χ0v) is 11.8. The van der Waals surface area contributed by atoms with Crippen molar-refractivity contribution in [2.45, 2.75) is 76.4 Å². The van der Waals surface area contributed by atoms with E-state index in [1.807, 2.05) is 0 Å². The van der Waals surface area contributed by atoms with Crippen LogP contribution in [0.25, 0.3) is 0 Å². The van der Waals surface area contributed by atoms with Crippen molar-refractivity contribution < 1.29 is 4.74 Å². The van der Waals surface area contributed by atoms with Crippen LogP contribution >= 0.6 is 0 Å². The SMILES string of the molecule is C1CCC(CN2CCC(OC3CCC3)CC2)CC1. The Balaban J connectivity index is 1.34. The van der Waals surface area contributed by atoms with Crippen LogP contribution < -0.4 is 0 Å². The lowest BCUT2D eigenvalue weighted by Crippen LogP contribution is -2.41. The van der Waals surface area contributed by atoms with Crippen LogP contribution in [0.4, 0.5) is 0 Å². The van der Waals surface area contributed by atoms with Crippen LogP contribution in [-0.2, 0) is 4.74 Å². The van der Waals surface area contributed by atoms with E-state index in [9.17, 15) is 0 Å². The molecule has 0 bridgehead atoms. The average molecular weight is 251 g/mol. The molecule has 2 saturated carbocycles. The van der Waals surface area contributed by atoms with Gasteiger partial charge in [0, 0.05) is 19.6 Å². The number of hydrogen-bond donors (Lipinski definition) is 0. The second-order valence-corrected chi connectivity index (χ2v) is 6.69. The number of ether oxygens (including phenoxy) is 1. The summed E-state index contributed by atoms with van der Waals surface area (Å²) in [6.07, 6.45) is 15.2. The second-order valence-electron chi connectivity index (χ2n) is 6.69. The smallest absolute Gasteiger partial charge is 0.0603 e. The van der Waals surface area contributed by atoms with Gasteiger partial charge in [0.25, 0.3) is 0 Å². The van der Waals surface area contributed by atoms with Gasteiger partial charge in [0.15, 0.2) is 0 Å². The Morgan fingerprint density at radius 2 is 1.39 bits per heavy atom. The fourth-order valence-electron chi connectivity index (χ4n) is 3.74. The lowest BCUT2D eigenvalue weighted by atomic mass is 9.88. The molecule has 0 unspecified atom stereocenters. The number of likely N-dealkylation sites (tertiary alicyclic amines) is 1. The third-order valence-electron chi connectivity index (χ3n) is 5.21. The highest BCUT2D eigenvalue weighted by atomic mass is 16.5. The summed E-state index contributed by atoms with van der Waals surface area (Å²) in [6, 6.07) is 0. The first-order chi connectivity index (χ1) is 8.90. The van der Waals surface area contributed by atoms with E-state index in [-0.39, 0.29) is 0 Å². The average Bonchev–Trinajstić information content (AvgIpc) is 2.37. The summed E-state index contributed by atoms with van der Waals surface area (Å²) in [5, 5.41) is 0. The summed E-state index contributed by atoms with van der Waals surface area (Å²) < 4.78 is 6.14. The fourth-order valence-corrected chi connectivity index (χ4v) is 3.74. The maximum Gasteiger partial charge on any atom is 0.0603 e. The quantitative estimate of drug-likeness (QED) is 0.757. The molecule has 104 valence electrons. The maximum absolute atomic E-state index is 6.14. The Kier molecular flexibility index (Phi) is 4.58. The molecule has 0 amide bonds. The molecule has 3 aliphatic rings. The first kappa shape index (κ1) is 12.9. The predicted molar refractivity (Wildman–Crippen MR) is 74.8 cm³/mol. The first-order valence-corrected chi connectivity index (χ1v) is 8.28. The second kappa shape index (κ2) is 6.38. The monoisotopic (exact) mass is 251 g/mol. The van der Waals surface area contributed by atoms with Crippen LogP contribution in [0.5, 0.6) is 0 Å². The summed E-state index contributed by atoms with van der Waals surface area (Å²) in [4.78, 5) is 2.70. The minimum absolute atomic E-state index is 0.581. The molecule has 0 atom stereocenters. The highest BCUT2D eigenvalue weighted by Gasteiger charge is 2.27. The minimum Gasteiger partial charge on any atom is -0.375 e. The Morgan fingerprint density at radius 3 is 2.00 bits per heavy atom. The van der Waals surface area contributed by atoms with E-state index < -0.39 is 0 Å². The lowest BCUT2D eigenvalue weighted by molar-refractivity contribution is -0.0746. The molecular weight excluding hydrogens is 222 g/mol. The Hall–Kier alpha value is -0.0800. The molecule has 0 aromatic carbocycles. The van der Waals surface area contributed by atoms with E-state index in [0.29, 0.717) is 12.2 Å². The van der Waals surface area contributed by atoms with Gasteiger partial charge in [-0.1, -0.05) is 19.3 Å². The van der Waals surface area contributed by atoms with E-state index in [1.54, 1.807) is 0 Å². The molecule has 0 radical (unpaired) electrons. The molecular formula is C16H29NO. The topological polar surface area (TPSA) is 12.5 Å². The zero-order valence-electron chi connectivity index (χ0n) is 11.8. The molecule has 3 fully saturated rings. The molecule has 2 aliphatic carbocycles. The third-order valence-corrected chi connectivity index (χ3v) is 5.21. The van der Waals surface area contributed by atoms with E-state index in [4.69, 9.17) is 4.74 Å². The van der Waals surface area contributed by atoms with Crippen LogP contribution in [-0.4, -0.2) is 36.7 Å². The van der Waals surface area contributed by atoms with Gasteiger partial charge in [-0.15, -0.1) is 0 Å². The zero-order chi connectivity index (χ0) is 12.2. The van der Waals surface area contributed by atoms with Crippen LogP contribution in [0.2, 0.25) is 0 Å². The van der Waals surface area contributed by atoms with Crippen molar-refractivity contribution in [3.8, 4) is 0 Å². The van der Waals surface area contributed by atoms with Crippen molar-refractivity contribution >= 4 is 0 Å². The summed E-state index contributed by atoms with van der Waals surface area (Å²) in [5.74, 6) is 1.00. The molecule has 0 spiro atoms. The van der Waals surface area contributed by atoms with Crippen molar-refractivity contribution in [2.75, 3.05) is 19.6 Å². The molecule has 18 heavy (non-hydrogen) atoms. The van der Waals surface area contributed by atoms with Crippen LogP contribution in [0.15, 0.2) is 0 Å². The van der Waals surface area contributed by atoms with E-state index in [2.05, 4.69) is 4.90 Å². The van der Waals surface area contributed by atoms with Crippen molar-refractivity contribution in [2.24, 2.45) is 5.92 Å². The summed E-state index contributed by atoms with van der Waals surface area (Å²) in [5.41, 5.74) is 0. The van der Waals surface area contributed by atoms with E-state index >= 15 is 0 Å². The minimum atomic E-state index is 0.581. The highest BCUT2D eigenvalue weighted by molar-refractivity contribution is 4.79. The Labute approximate surface area is 112 Å². The molecule has 1 aliphatic heterocycles. The van der Waals surface area contributed by atoms with Crippen molar-refractivity contribution in [3.63, 3.8) is 0 Å². The van der Waals surface area contributed by atoms with Gasteiger partial charge in [0.1, 0.15) is 0 Å². The molecule has 2 nitrogen and oxygen atoms in total. The van der Waals surface area contributed by atoms with Gasteiger partial charge in [-0.05, 0) is 50.9 Å². The summed E-state index contributed by atoms with van der Waals surface area (Å²) in [7, 11) is 0. The number of rotatable bonds is 4. The number of hydrogen-bond acceptors (Lipinski definition) is 2. The Bertz CT molecular complexity index is 237. The van der Waals surface area contributed by atoms with Gasteiger partial charge < -0.3 is 9.64 Å². The maximum atomic E-state index is 6.14. The molecule has 2 heteroatoms. The van der Waals surface area contributed by atoms with E-state index in [1.165, 1.54) is 83.8 Å². The van der Waals surface area contributed by atoms with Crippen molar-refractivity contribution in [3.05, 3.63) is 0 Å². The molecule has 1 heterocycles. The third kappa shape index (κ3) is 3.48. The molecule has 0 N–H and O–H groups in total. The molecule has 1 saturated heterocycles. The fraction of sp³-hybridized carbons (Fsp3) is 1.00.